The predicted molar refractivity (Wildman–Crippen MR) is 135 cm³/mol. The number of hydrogen-bond acceptors (Lipinski definition) is 7. The van der Waals surface area contributed by atoms with Gasteiger partial charge in [-0.15, -0.1) is 11.3 Å². The Hall–Kier alpha value is -4.55. The molecule has 0 bridgehead atoms. The zero-order valence-corrected chi connectivity index (χ0v) is 19.3. The van der Waals surface area contributed by atoms with Crippen molar-refractivity contribution in [3.05, 3.63) is 78.1 Å². The van der Waals surface area contributed by atoms with Crippen LogP contribution < -0.4 is 5.32 Å². The molecule has 0 aliphatic carbocycles. The first-order valence-electron chi connectivity index (χ1n) is 11.1. The van der Waals surface area contributed by atoms with Crippen molar-refractivity contribution in [1.29, 1.82) is 5.26 Å². The van der Waals surface area contributed by atoms with Crippen molar-refractivity contribution >= 4 is 38.8 Å². The SMILES string of the molecule is N#CC1CN(C(=O)c2cc3ccc(-c4nccc(Nc5ccc(-c6cn[nH]c6)cc5)n4)cc3s2)C1. The molecule has 2 aromatic carbocycles. The summed E-state index contributed by atoms with van der Waals surface area (Å²) in [6.07, 6.45) is 5.38. The predicted octanol–water partition coefficient (Wildman–Crippen LogP) is 5.09. The first-order chi connectivity index (χ1) is 17.2. The third-order valence-electron chi connectivity index (χ3n) is 5.98. The van der Waals surface area contributed by atoms with Gasteiger partial charge in [-0.3, -0.25) is 9.89 Å². The van der Waals surface area contributed by atoms with Gasteiger partial charge in [0.1, 0.15) is 5.82 Å². The van der Waals surface area contributed by atoms with Crippen molar-refractivity contribution in [2.75, 3.05) is 18.4 Å². The second-order valence-electron chi connectivity index (χ2n) is 8.35. The third-order valence-corrected chi connectivity index (χ3v) is 7.07. The molecule has 5 aromatic rings. The molecular formula is C26H19N7OS. The van der Waals surface area contributed by atoms with Crippen LogP contribution in [0.3, 0.4) is 0 Å². The molecule has 1 saturated heterocycles. The van der Waals surface area contributed by atoms with Gasteiger partial charge in [0.05, 0.1) is 23.1 Å². The van der Waals surface area contributed by atoms with Crippen molar-refractivity contribution in [1.82, 2.24) is 25.1 Å². The molecule has 1 fully saturated rings. The smallest absolute Gasteiger partial charge is 0.264 e. The summed E-state index contributed by atoms with van der Waals surface area (Å²) in [4.78, 5) is 24.3. The van der Waals surface area contributed by atoms with E-state index in [1.807, 2.05) is 60.8 Å². The fourth-order valence-electron chi connectivity index (χ4n) is 4.03. The number of amides is 1. The van der Waals surface area contributed by atoms with Gasteiger partial charge in [-0.2, -0.15) is 10.4 Å². The van der Waals surface area contributed by atoms with Gasteiger partial charge in [0.15, 0.2) is 5.82 Å². The van der Waals surface area contributed by atoms with Gasteiger partial charge >= 0.3 is 0 Å². The molecular weight excluding hydrogens is 458 g/mol. The Labute approximate surface area is 204 Å². The van der Waals surface area contributed by atoms with Gasteiger partial charge in [-0.1, -0.05) is 24.3 Å². The molecule has 4 heterocycles. The van der Waals surface area contributed by atoms with Crippen LogP contribution in [0.2, 0.25) is 0 Å². The highest BCUT2D eigenvalue weighted by molar-refractivity contribution is 7.20. The van der Waals surface area contributed by atoms with E-state index >= 15 is 0 Å². The van der Waals surface area contributed by atoms with Gasteiger partial charge in [0.2, 0.25) is 0 Å². The number of thiophene rings is 1. The lowest BCUT2D eigenvalue weighted by molar-refractivity contribution is 0.0582. The molecule has 1 aliphatic rings. The summed E-state index contributed by atoms with van der Waals surface area (Å²) in [6, 6.07) is 20.0. The van der Waals surface area contributed by atoms with Crippen LogP contribution in [0.4, 0.5) is 11.5 Å². The van der Waals surface area contributed by atoms with Crippen LogP contribution in [0.1, 0.15) is 9.67 Å². The zero-order valence-electron chi connectivity index (χ0n) is 18.5. The van der Waals surface area contributed by atoms with Gasteiger partial charge in [-0.25, -0.2) is 9.97 Å². The van der Waals surface area contributed by atoms with Crippen molar-refractivity contribution in [3.8, 4) is 28.6 Å². The molecule has 0 saturated carbocycles. The number of carbonyl (C=O) groups excluding carboxylic acids is 1. The molecule has 1 amide bonds. The van der Waals surface area contributed by atoms with E-state index in [4.69, 9.17) is 5.26 Å². The molecule has 0 atom stereocenters. The third kappa shape index (κ3) is 4.11. The average Bonchev–Trinajstić information content (AvgIpc) is 3.54. The maximum atomic E-state index is 12.7. The van der Waals surface area contributed by atoms with E-state index in [0.717, 1.165) is 32.5 Å². The number of carbonyl (C=O) groups is 1. The van der Waals surface area contributed by atoms with Crippen LogP contribution in [0, 0.1) is 17.2 Å². The van der Waals surface area contributed by atoms with E-state index in [1.165, 1.54) is 11.3 Å². The van der Waals surface area contributed by atoms with E-state index in [9.17, 15) is 4.79 Å². The highest BCUT2D eigenvalue weighted by Crippen LogP contribution is 2.32. The Morgan fingerprint density at radius 2 is 1.91 bits per heavy atom. The van der Waals surface area contributed by atoms with E-state index in [2.05, 4.69) is 31.6 Å². The topological polar surface area (TPSA) is 111 Å². The van der Waals surface area contributed by atoms with E-state index < -0.39 is 0 Å². The fraction of sp³-hybridized carbons (Fsp3) is 0.115. The number of aromatic amines is 1. The Kier molecular flexibility index (Phi) is 5.20. The molecule has 0 spiro atoms. The standard InChI is InChI=1S/C26H19N7OS/c27-11-16-14-33(15-16)26(34)23-9-18-1-2-19(10-22(18)35-23)25-28-8-7-24(32-25)31-21-5-3-17(4-6-21)20-12-29-30-13-20/h1-10,12-13,16H,14-15H2,(H,29,30)(H,28,31,32). The first kappa shape index (κ1) is 21.0. The second-order valence-corrected chi connectivity index (χ2v) is 9.44. The minimum absolute atomic E-state index is 0.0134. The van der Waals surface area contributed by atoms with E-state index in [-0.39, 0.29) is 11.8 Å². The van der Waals surface area contributed by atoms with Crippen LogP contribution in [0.25, 0.3) is 32.6 Å². The van der Waals surface area contributed by atoms with E-state index in [0.29, 0.717) is 29.6 Å². The van der Waals surface area contributed by atoms with Gasteiger partial charge in [-0.05, 0) is 41.3 Å². The van der Waals surface area contributed by atoms with Crippen molar-refractivity contribution < 1.29 is 4.79 Å². The Morgan fingerprint density at radius 1 is 1.09 bits per heavy atom. The van der Waals surface area contributed by atoms with Crippen molar-refractivity contribution in [2.45, 2.75) is 0 Å². The lowest BCUT2D eigenvalue weighted by Crippen LogP contribution is -2.49. The molecule has 2 N–H and O–H groups in total. The molecule has 0 radical (unpaired) electrons. The van der Waals surface area contributed by atoms with Crippen LogP contribution >= 0.6 is 11.3 Å². The number of anilines is 2. The highest BCUT2D eigenvalue weighted by atomic mass is 32.1. The van der Waals surface area contributed by atoms with Crippen molar-refractivity contribution in [3.63, 3.8) is 0 Å². The number of benzene rings is 2. The number of fused-ring (bicyclic) bond motifs is 1. The van der Waals surface area contributed by atoms with Gasteiger partial charge < -0.3 is 10.2 Å². The lowest BCUT2D eigenvalue weighted by Gasteiger charge is -2.34. The summed E-state index contributed by atoms with van der Waals surface area (Å²) in [7, 11) is 0. The number of aromatic nitrogens is 4. The first-order valence-corrected chi connectivity index (χ1v) is 11.9. The number of H-pyrrole nitrogens is 1. The number of nitrogens with one attached hydrogen (secondary N) is 2. The normalized spacial score (nSPS) is 13.4. The zero-order chi connectivity index (χ0) is 23.8. The molecule has 3 aromatic heterocycles. The summed E-state index contributed by atoms with van der Waals surface area (Å²) in [6.45, 7) is 1.02. The van der Waals surface area contributed by atoms with Gasteiger partial charge in [0, 0.05) is 47.0 Å². The minimum Gasteiger partial charge on any atom is -0.340 e. The summed E-state index contributed by atoms with van der Waals surface area (Å²) in [5.41, 5.74) is 3.91. The fourth-order valence-corrected chi connectivity index (χ4v) is 5.10. The Bertz CT molecular complexity index is 1560. The molecule has 1 aliphatic heterocycles. The van der Waals surface area contributed by atoms with Gasteiger partial charge in [0.25, 0.3) is 5.91 Å². The molecule has 0 unspecified atom stereocenters. The summed E-state index contributed by atoms with van der Waals surface area (Å²) >= 11 is 1.46. The maximum absolute atomic E-state index is 12.7. The Morgan fingerprint density at radius 3 is 2.69 bits per heavy atom. The summed E-state index contributed by atoms with van der Waals surface area (Å²) in [5, 5.41) is 20.1. The van der Waals surface area contributed by atoms with Crippen LogP contribution in [-0.2, 0) is 0 Å². The Balaban J connectivity index is 1.21. The van der Waals surface area contributed by atoms with Crippen LogP contribution in [0.5, 0.6) is 0 Å². The van der Waals surface area contributed by atoms with Crippen LogP contribution in [0.15, 0.2) is 73.2 Å². The molecule has 6 rings (SSSR count). The molecule has 35 heavy (non-hydrogen) atoms. The number of likely N-dealkylation sites (tertiary alicyclic amines) is 1. The number of hydrogen-bond donors (Lipinski definition) is 2. The minimum atomic E-state index is -0.0488. The quantitative estimate of drug-likeness (QED) is 0.365. The monoisotopic (exact) mass is 477 g/mol. The highest BCUT2D eigenvalue weighted by Gasteiger charge is 2.31. The molecule has 9 heteroatoms. The molecule has 170 valence electrons. The number of nitriles is 1. The number of nitrogens with zero attached hydrogens (tertiary/aromatic N) is 5. The lowest BCUT2D eigenvalue weighted by atomic mass is 10.0. The van der Waals surface area contributed by atoms with Crippen LogP contribution in [-0.4, -0.2) is 44.1 Å². The second kappa shape index (κ2) is 8.66. The molecule has 8 nitrogen and oxygen atoms in total. The largest absolute Gasteiger partial charge is 0.340 e. The number of rotatable bonds is 5. The summed E-state index contributed by atoms with van der Waals surface area (Å²) in [5.74, 6) is 1.23. The van der Waals surface area contributed by atoms with Crippen molar-refractivity contribution in [2.24, 2.45) is 5.92 Å². The van der Waals surface area contributed by atoms with E-state index in [1.54, 1.807) is 17.3 Å². The average molecular weight is 478 g/mol. The summed E-state index contributed by atoms with van der Waals surface area (Å²) < 4.78 is 1.00. The maximum Gasteiger partial charge on any atom is 0.264 e.